The van der Waals surface area contributed by atoms with Crippen LogP contribution in [0.1, 0.15) is 37.0 Å². The molecule has 0 saturated carbocycles. The number of ether oxygens (including phenoxy) is 2. The number of aliphatic carboxylic acids is 1. The molecule has 35 heavy (non-hydrogen) atoms. The smallest absolute Gasteiger partial charge is 0.411 e. The van der Waals surface area contributed by atoms with Gasteiger partial charge in [0.2, 0.25) is 5.91 Å². The highest BCUT2D eigenvalue weighted by atomic mass is 16.6. The maximum absolute atomic E-state index is 13.2. The molecule has 0 bridgehead atoms. The van der Waals surface area contributed by atoms with Crippen molar-refractivity contribution in [2.75, 3.05) is 6.61 Å². The number of rotatable bonds is 9. The van der Waals surface area contributed by atoms with E-state index in [9.17, 15) is 24.3 Å². The number of esters is 1. The van der Waals surface area contributed by atoms with Crippen LogP contribution in [0.3, 0.4) is 0 Å². The quantitative estimate of drug-likeness (QED) is 0.527. The second-order valence-corrected chi connectivity index (χ2v) is 8.44. The van der Waals surface area contributed by atoms with Crippen molar-refractivity contribution in [3.8, 4) is 0 Å². The number of amides is 2. The van der Waals surface area contributed by atoms with E-state index in [-0.39, 0.29) is 32.6 Å². The molecule has 0 aromatic heterocycles. The second-order valence-electron chi connectivity index (χ2n) is 8.44. The van der Waals surface area contributed by atoms with Crippen molar-refractivity contribution in [3.05, 3.63) is 71.3 Å². The molecule has 3 rings (SSSR count). The number of carboxylic acids is 1. The van der Waals surface area contributed by atoms with Gasteiger partial charge >= 0.3 is 18.0 Å². The minimum atomic E-state index is -1.32. The van der Waals surface area contributed by atoms with E-state index in [0.29, 0.717) is 0 Å². The molecule has 1 heterocycles. The first-order chi connectivity index (χ1) is 16.8. The van der Waals surface area contributed by atoms with Gasteiger partial charge < -0.3 is 19.9 Å². The average Bonchev–Trinajstić information content (AvgIpc) is 2.86. The summed E-state index contributed by atoms with van der Waals surface area (Å²) in [5.74, 6) is -3.16. The van der Waals surface area contributed by atoms with E-state index in [2.05, 4.69) is 5.32 Å². The van der Waals surface area contributed by atoms with Crippen LogP contribution in [0.2, 0.25) is 0 Å². The summed E-state index contributed by atoms with van der Waals surface area (Å²) in [6.45, 7) is 3.58. The van der Waals surface area contributed by atoms with Crippen LogP contribution in [0.4, 0.5) is 4.79 Å². The van der Waals surface area contributed by atoms with Gasteiger partial charge in [-0.1, -0.05) is 61.5 Å². The Labute approximate surface area is 204 Å². The largest absolute Gasteiger partial charge is 0.480 e. The molecule has 0 spiro atoms. The van der Waals surface area contributed by atoms with Gasteiger partial charge in [-0.25, -0.2) is 9.59 Å². The van der Waals surface area contributed by atoms with Gasteiger partial charge in [0.1, 0.15) is 18.7 Å². The van der Waals surface area contributed by atoms with Gasteiger partial charge in [-0.15, -0.1) is 0 Å². The highest BCUT2D eigenvalue weighted by Gasteiger charge is 2.37. The first kappa shape index (κ1) is 25.7. The first-order valence-electron chi connectivity index (χ1n) is 11.5. The zero-order chi connectivity index (χ0) is 25.4. The highest BCUT2D eigenvalue weighted by Crippen LogP contribution is 2.25. The van der Waals surface area contributed by atoms with E-state index >= 15 is 0 Å². The van der Waals surface area contributed by atoms with Crippen LogP contribution < -0.4 is 5.32 Å². The molecule has 3 atom stereocenters. The summed E-state index contributed by atoms with van der Waals surface area (Å²) in [5.41, 5.74) is 2.59. The van der Waals surface area contributed by atoms with Gasteiger partial charge in [-0.2, -0.15) is 0 Å². The topological polar surface area (TPSA) is 122 Å². The van der Waals surface area contributed by atoms with Crippen LogP contribution in [-0.2, 0) is 43.4 Å². The summed E-state index contributed by atoms with van der Waals surface area (Å²) in [6, 6.07) is 14.3. The lowest BCUT2D eigenvalue weighted by Crippen LogP contribution is -2.55. The predicted molar refractivity (Wildman–Crippen MR) is 126 cm³/mol. The number of nitrogens with zero attached hydrogens (tertiary/aromatic N) is 1. The summed E-state index contributed by atoms with van der Waals surface area (Å²) in [4.78, 5) is 51.4. The Morgan fingerprint density at radius 1 is 1.03 bits per heavy atom. The lowest BCUT2D eigenvalue weighted by molar-refractivity contribution is -0.149. The van der Waals surface area contributed by atoms with E-state index in [1.807, 2.05) is 54.6 Å². The number of carbonyl (C=O) groups is 4. The van der Waals surface area contributed by atoms with Crippen molar-refractivity contribution >= 4 is 23.9 Å². The molecule has 0 fully saturated rings. The lowest BCUT2D eigenvalue weighted by atomic mass is 9.93. The summed E-state index contributed by atoms with van der Waals surface area (Å²) < 4.78 is 10.4. The molecule has 1 aliphatic rings. The van der Waals surface area contributed by atoms with Gasteiger partial charge in [0.15, 0.2) is 0 Å². The third-order valence-electron chi connectivity index (χ3n) is 5.88. The number of nitrogens with one attached hydrogen (secondary N) is 1. The molecule has 186 valence electrons. The van der Waals surface area contributed by atoms with Gasteiger partial charge in [0.25, 0.3) is 0 Å². The number of hydrogen-bond acceptors (Lipinski definition) is 6. The van der Waals surface area contributed by atoms with Gasteiger partial charge in [0.05, 0.1) is 19.1 Å². The van der Waals surface area contributed by atoms with Crippen molar-refractivity contribution in [1.29, 1.82) is 0 Å². The zero-order valence-corrected chi connectivity index (χ0v) is 19.8. The third kappa shape index (κ3) is 6.81. The van der Waals surface area contributed by atoms with E-state index in [4.69, 9.17) is 9.47 Å². The van der Waals surface area contributed by atoms with Gasteiger partial charge in [0, 0.05) is 6.42 Å². The molecule has 9 heteroatoms. The van der Waals surface area contributed by atoms with E-state index in [1.165, 1.54) is 4.90 Å². The SMILES string of the molecule is CCOC(=O)[C@@H](C)C[C@@H](NC(=O)[C@@H]1Cc2ccccc2CN1C(=O)OCc1ccccc1)C(=O)O. The molecule has 0 radical (unpaired) electrons. The molecule has 2 amide bonds. The standard InChI is InChI=1S/C26H30N2O7/c1-3-34-25(32)17(2)13-21(24(30)31)27-23(29)22-14-19-11-7-8-12-20(19)15-28(22)26(33)35-16-18-9-5-4-6-10-18/h4-12,17,21-22H,3,13-16H2,1-2H3,(H,27,29)(H,30,31)/t17-,21+,22-/m0/s1. The van der Waals surface area contributed by atoms with Crippen LogP contribution >= 0.6 is 0 Å². The molecular weight excluding hydrogens is 452 g/mol. The van der Waals surface area contributed by atoms with E-state index < -0.39 is 41.9 Å². The monoisotopic (exact) mass is 482 g/mol. The fraction of sp³-hybridized carbons (Fsp3) is 0.385. The number of carboxylic acid groups (broad SMARTS) is 1. The fourth-order valence-corrected chi connectivity index (χ4v) is 3.98. The Morgan fingerprint density at radius 3 is 2.34 bits per heavy atom. The molecule has 2 N–H and O–H groups in total. The molecular formula is C26H30N2O7. The highest BCUT2D eigenvalue weighted by molar-refractivity contribution is 5.90. The Balaban J connectivity index is 1.75. The molecule has 2 aromatic carbocycles. The fourth-order valence-electron chi connectivity index (χ4n) is 3.98. The number of carbonyl (C=O) groups excluding carboxylic acids is 3. The Kier molecular flexibility index (Phi) is 8.83. The van der Waals surface area contributed by atoms with Crippen LogP contribution in [0, 0.1) is 5.92 Å². The molecule has 0 aliphatic carbocycles. The minimum absolute atomic E-state index is 0.0426. The minimum Gasteiger partial charge on any atom is -0.480 e. The molecule has 1 aliphatic heterocycles. The summed E-state index contributed by atoms with van der Waals surface area (Å²) in [5, 5.41) is 12.2. The lowest BCUT2D eigenvalue weighted by Gasteiger charge is -2.35. The van der Waals surface area contributed by atoms with Gasteiger partial charge in [-0.05, 0) is 30.0 Å². The first-order valence-corrected chi connectivity index (χ1v) is 11.5. The maximum atomic E-state index is 13.2. The van der Waals surface area contributed by atoms with E-state index in [1.54, 1.807) is 13.8 Å². The van der Waals surface area contributed by atoms with Crippen molar-refractivity contribution in [2.24, 2.45) is 5.92 Å². The maximum Gasteiger partial charge on any atom is 0.411 e. The van der Waals surface area contributed by atoms with Crippen molar-refractivity contribution in [2.45, 2.75) is 51.9 Å². The Morgan fingerprint density at radius 2 is 1.69 bits per heavy atom. The number of fused-ring (bicyclic) bond motifs is 1. The van der Waals surface area contributed by atoms with Crippen LogP contribution in [0.25, 0.3) is 0 Å². The summed E-state index contributed by atoms with van der Waals surface area (Å²) in [6.07, 6.45) is -0.598. The van der Waals surface area contributed by atoms with Crippen molar-refractivity contribution < 1.29 is 33.8 Å². The molecule has 9 nitrogen and oxygen atoms in total. The predicted octanol–water partition coefficient (Wildman–Crippen LogP) is 2.91. The van der Waals surface area contributed by atoms with Crippen molar-refractivity contribution in [3.63, 3.8) is 0 Å². The Bertz CT molecular complexity index is 1060. The van der Waals surface area contributed by atoms with Gasteiger partial charge in [-0.3, -0.25) is 14.5 Å². The zero-order valence-electron chi connectivity index (χ0n) is 19.8. The van der Waals surface area contributed by atoms with Crippen molar-refractivity contribution in [1.82, 2.24) is 10.2 Å². The normalized spacial score (nSPS) is 16.4. The van der Waals surface area contributed by atoms with Crippen LogP contribution in [-0.4, -0.2) is 52.6 Å². The summed E-state index contributed by atoms with van der Waals surface area (Å²) in [7, 11) is 0. The second kappa shape index (κ2) is 12.0. The number of benzene rings is 2. The number of hydrogen-bond donors (Lipinski definition) is 2. The van der Waals surface area contributed by atoms with E-state index in [0.717, 1.165) is 16.7 Å². The Hall–Kier alpha value is -3.88. The average molecular weight is 483 g/mol. The van der Waals surface area contributed by atoms with Crippen LogP contribution in [0.15, 0.2) is 54.6 Å². The molecule has 0 saturated heterocycles. The molecule has 2 aromatic rings. The molecule has 0 unspecified atom stereocenters. The summed E-state index contributed by atoms with van der Waals surface area (Å²) >= 11 is 0. The van der Waals surface area contributed by atoms with Crippen LogP contribution in [0.5, 0.6) is 0 Å². The third-order valence-corrected chi connectivity index (χ3v) is 5.88.